The van der Waals surface area contributed by atoms with E-state index in [9.17, 15) is 4.79 Å². The van der Waals surface area contributed by atoms with Crippen LogP contribution in [-0.4, -0.2) is 30.4 Å². The van der Waals surface area contributed by atoms with Crippen LogP contribution in [0.3, 0.4) is 0 Å². The van der Waals surface area contributed by atoms with Crippen molar-refractivity contribution >= 4 is 30.7 Å². The maximum atomic E-state index is 12.2. The Hall–Kier alpha value is -2.44. The summed E-state index contributed by atoms with van der Waals surface area (Å²) in [7, 11) is -1.14. The van der Waals surface area contributed by atoms with Crippen LogP contribution in [0.4, 0.5) is 5.82 Å². The van der Waals surface area contributed by atoms with Gasteiger partial charge in [0.2, 0.25) is 5.91 Å². The van der Waals surface area contributed by atoms with Crippen LogP contribution in [0.2, 0.25) is 25.7 Å². The van der Waals surface area contributed by atoms with E-state index < -0.39 is 8.07 Å². The van der Waals surface area contributed by atoms with E-state index >= 15 is 0 Å². The Labute approximate surface area is 180 Å². The third-order valence-electron chi connectivity index (χ3n) is 5.08. The largest absolute Gasteiger partial charge is 0.360 e. The van der Waals surface area contributed by atoms with Gasteiger partial charge in [-0.15, -0.1) is 0 Å². The maximum absolute atomic E-state index is 12.2. The third kappa shape index (κ3) is 5.80. The lowest BCUT2D eigenvalue weighted by molar-refractivity contribution is -0.116. The van der Waals surface area contributed by atoms with Crippen LogP contribution in [-0.2, 0) is 16.3 Å². The van der Waals surface area contributed by atoms with E-state index in [1.165, 1.54) is 5.56 Å². The Balaban J connectivity index is 1.91. The molecule has 0 atom stereocenters. The van der Waals surface area contributed by atoms with Gasteiger partial charge < -0.3 is 10.1 Å². The van der Waals surface area contributed by atoms with Crippen molar-refractivity contribution in [3.8, 4) is 11.1 Å². The van der Waals surface area contributed by atoms with Crippen LogP contribution in [0.25, 0.3) is 22.0 Å². The molecule has 3 aromatic rings. The van der Waals surface area contributed by atoms with Crippen LogP contribution >= 0.6 is 0 Å². The molecule has 0 saturated carbocycles. The fourth-order valence-corrected chi connectivity index (χ4v) is 4.00. The Kier molecular flexibility index (Phi) is 7.10. The highest BCUT2D eigenvalue weighted by Gasteiger charge is 2.15. The minimum absolute atomic E-state index is 0.00804. The van der Waals surface area contributed by atoms with Crippen LogP contribution in [0.5, 0.6) is 0 Å². The number of carbonyl (C=O) groups excluding carboxylic acids is 1. The standard InChI is InChI=1S/C24H33N3O2Si/c1-6-7-23(28)25-24-21-13-12-20(19-10-8-18(2)9-11-19)16-22(21)27(26-24)17-29-14-15-30(3,4)5/h8-13,16H,6-7,14-15,17H2,1-5H3,(H,25,26,28). The smallest absolute Gasteiger partial charge is 0.225 e. The lowest BCUT2D eigenvalue weighted by Crippen LogP contribution is -2.22. The van der Waals surface area contributed by atoms with Crippen molar-refractivity contribution in [1.82, 2.24) is 9.78 Å². The molecule has 0 fully saturated rings. The van der Waals surface area contributed by atoms with Crippen molar-refractivity contribution in [2.75, 3.05) is 11.9 Å². The molecule has 0 unspecified atom stereocenters. The molecular weight excluding hydrogens is 390 g/mol. The monoisotopic (exact) mass is 423 g/mol. The Morgan fingerprint density at radius 2 is 1.80 bits per heavy atom. The van der Waals surface area contributed by atoms with Crippen LogP contribution in [0.15, 0.2) is 42.5 Å². The molecule has 0 spiro atoms. The number of hydrogen-bond acceptors (Lipinski definition) is 3. The number of aromatic nitrogens is 2. The summed E-state index contributed by atoms with van der Waals surface area (Å²) in [6.45, 7) is 12.2. The molecular formula is C24H33N3O2Si. The molecule has 1 N–H and O–H groups in total. The van der Waals surface area contributed by atoms with Gasteiger partial charge in [0.05, 0.1) is 5.52 Å². The Morgan fingerprint density at radius 1 is 1.10 bits per heavy atom. The lowest BCUT2D eigenvalue weighted by atomic mass is 10.0. The summed E-state index contributed by atoms with van der Waals surface area (Å²) in [5, 5.41) is 8.57. The second kappa shape index (κ2) is 9.58. The number of hydrogen-bond donors (Lipinski definition) is 1. The minimum atomic E-state index is -1.14. The average Bonchev–Trinajstić information content (AvgIpc) is 3.02. The number of nitrogens with one attached hydrogen (secondary N) is 1. The van der Waals surface area contributed by atoms with Crippen molar-refractivity contribution < 1.29 is 9.53 Å². The molecule has 160 valence electrons. The molecule has 3 rings (SSSR count). The first-order valence-corrected chi connectivity index (χ1v) is 14.4. The first kappa shape index (κ1) is 22.2. The van der Waals surface area contributed by atoms with Crippen LogP contribution in [0, 0.1) is 6.92 Å². The number of carbonyl (C=O) groups is 1. The molecule has 5 nitrogen and oxygen atoms in total. The second-order valence-electron chi connectivity index (χ2n) is 9.09. The normalized spacial score (nSPS) is 11.8. The van der Waals surface area contributed by atoms with Crippen LogP contribution < -0.4 is 5.32 Å². The molecule has 0 aliphatic carbocycles. The van der Waals surface area contributed by atoms with Gasteiger partial charge in [-0.3, -0.25) is 4.79 Å². The average molecular weight is 424 g/mol. The summed E-state index contributed by atoms with van der Waals surface area (Å²) in [4.78, 5) is 12.2. The zero-order valence-corrected chi connectivity index (χ0v) is 19.8. The number of nitrogens with zero attached hydrogens (tertiary/aromatic N) is 2. The maximum Gasteiger partial charge on any atom is 0.225 e. The fraction of sp³-hybridized carbons (Fsp3) is 0.417. The zero-order valence-electron chi connectivity index (χ0n) is 18.8. The number of ether oxygens (including phenoxy) is 1. The van der Waals surface area contributed by atoms with Gasteiger partial charge in [0.15, 0.2) is 5.82 Å². The van der Waals surface area contributed by atoms with Gasteiger partial charge in [-0.2, -0.15) is 5.10 Å². The van der Waals surface area contributed by atoms with E-state index in [4.69, 9.17) is 4.74 Å². The summed E-state index contributed by atoms with van der Waals surface area (Å²) in [6, 6.07) is 15.9. The summed E-state index contributed by atoms with van der Waals surface area (Å²) in [6.07, 6.45) is 1.30. The first-order valence-electron chi connectivity index (χ1n) is 10.7. The molecule has 0 aliphatic rings. The molecule has 1 aromatic heterocycles. The summed E-state index contributed by atoms with van der Waals surface area (Å²) >= 11 is 0. The van der Waals surface area contributed by atoms with E-state index in [1.54, 1.807) is 0 Å². The highest BCUT2D eigenvalue weighted by Crippen LogP contribution is 2.29. The number of rotatable bonds is 9. The number of benzene rings is 2. The SMILES string of the molecule is CCCC(=O)Nc1nn(COCC[Si](C)(C)C)c2cc(-c3ccc(C)cc3)ccc12. The van der Waals surface area contributed by atoms with Crippen molar-refractivity contribution in [2.24, 2.45) is 0 Å². The number of anilines is 1. The van der Waals surface area contributed by atoms with Gasteiger partial charge in [0, 0.05) is 26.5 Å². The van der Waals surface area contributed by atoms with E-state index in [-0.39, 0.29) is 5.91 Å². The van der Waals surface area contributed by atoms with E-state index in [1.807, 2.05) is 17.7 Å². The number of amides is 1. The summed E-state index contributed by atoms with van der Waals surface area (Å²) in [5.74, 6) is 0.596. The van der Waals surface area contributed by atoms with Gasteiger partial charge in [-0.05, 0) is 42.6 Å². The molecule has 0 bridgehead atoms. The van der Waals surface area contributed by atoms with Gasteiger partial charge >= 0.3 is 0 Å². The summed E-state index contributed by atoms with van der Waals surface area (Å²) < 4.78 is 7.81. The van der Waals surface area contributed by atoms with E-state index in [2.05, 4.69) is 73.4 Å². The highest BCUT2D eigenvalue weighted by molar-refractivity contribution is 6.76. The van der Waals surface area contributed by atoms with E-state index in [0.717, 1.165) is 41.1 Å². The Morgan fingerprint density at radius 3 is 2.47 bits per heavy atom. The summed E-state index contributed by atoms with van der Waals surface area (Å²) in [5.41, 5.74) is 4.48. The lowest BCUT2D eigenvalue weighted by Gasteiger charge is -2.15. The molecule has 0 radical (unpaired) electrons. The van der Waals surface area contributed by atoms with Crippen molar-refractivity contribution in [3.05, 3.63) is 48.0 Å². The molecule has 1 heterocycles. The molecule has 30 heavy (non-hydrogen) atoms. The fourth-order valence-electron chi connectivity index (χ4n) is 3.24. The molecule has 1 amide bonds. The predicted molar refractivity (Wildman–Crippen MR) is 128 cm³/mol. The molecule has 2 aromatic carbocycles. The number of aryl methyl sites for hydroxylation is 1. The quantitative estimate of drug-likeness (QED) is 0.336. The topological polar surface area (TPSA) is 56.2 Å². The molecule has 0 aliphatic heterocycles. The van der Waals surface area contributed by atoms with Gasteiger partial charge in [0.25, 0.3) is 0 Å². The van der Waals surface area contributed by atoms with Crippen LogP contribution in [0.1, 0.15) is 25.3 Å². The predicted octanol–water partition coefficient (Wildman–Crippen LogP) is 6.06. The first-order chi connectivity index (χ1) is 14.3. The van der Waals surface area contributed by atoms with Crippen molar-refractivity contribution in [2.45, 2.75) is 59.1 Å². The van der Waals surface area contributed by atoms with Gasteiger partial charge in [-0.1, -0.05) is 62.5 Å². The Bertz CT molecular complexity index is 1000. The van der Waals surface area contributed by atoms with Gasteiger partial charge in [-0.25, -0.2) is 4.68 Å². The minimum Gasteiger partial charge on any atom is -0.360 e. The number of fused-ring (bicyclic) bond motifs is 1. The second-order valence-corrected chi connectivity index (χ2v) is 14.7. The van der Waals surface area contributed by atoms with Gasteiger partial charge in [0.1, 0.15) is 6.73 Å². The van der Waals surface area contributed by atoms with Crippen molar-refractivity contribution in [3.63, 3.8) is 0 Å². The third-order valence-corrected chi connectivity index (χ3v) is 6.79. The van der Waals surface area contributed by atoms with Crippen molar-refractivity contribution in [1.29, 1.82) is 0 Å². The van der Waals surface area contributed by atoms with E-state index in [0.29, 0.717) is 19.0 Å². The highest BCUT2D eigenvalue weighted by atomic mass is 28.3. The molecule has 0 saturated heterocycles. The molecule has 6 heteroatoms. The zero-order chi connectivity index (χ0) is 21.7.